The molecule has 0 saturated heterocycles. The number of hydrogen-bond acceptors (Lipinski definition) is 2. The zero-order valence-electron chi connectivity index (χ0n) is 7.04. The van der Waals surface area contributed by atoms with Crippen molar-refractivity contribution in [3.63, 3.8) is 0 Å². The van der Waals surface area contributed by atoms with E-state index in [1.807, 2.05) is 11.8 Å². The van der Waals surface area contributed by atoms with Gasteiger partial charge in [-0.05, 0) is 36.5 Å². The summed E-state index contributed by atoms with van der Waals surface area (Å²) in [5, 5.41) is 0. The van der Waals surface area contributed by atoms with Gasteiger partial charge in [0.05, 0.1) is 7.11 Å². The third-order valence-corrected chi connectivity index (χ3v) is 2.53. The van der Waals surface area contributed by atoms with E-state index in [4.69, 9.17) is 4.74 Å². The van der Waals surface area contributed by atoms with E-state index in [1.54, 1.807) is 7.11 Å². The summed E-state index contributed by atoms with van der Waals surface area (Å²) in [5.41, 5.74) is 0. The topological polar surface area (TPSA) is 9.23 Å². The van der Waals surface area contributed by atoms with Crippen LogP contribution < -0.4 is 0 Å². The van der Waals surface area contributed by atoms with E-state index in [0.717, 1.165) is 12.2 Å². The van der Waals surface area contributed by atoms with Gasteiger partial charge in [-0.3, -0.25) is 0 Å². The lowest BCUT2D eigenvalue weighted by molar-refractivity contribution is 0.302. The van der Waals surface area contributed by atoms with Gasteiger partial charge in [0, 0.05) is 0 Å². The zero-order chi connectivity index (χ0) is 8.10. The van der Waals surface area contributed by atoms with Gasteiger partial charge in [0.15, 0.2) is 0 Å². The van der Waals surface area contributed by atoms with E-state index >= 15 is 0 Å². The molecule has 1 unspecified atom stereocenters. The fourth-order valence-corrected chi connectivity index (χ4v) is 1.81. The first-order chi connectivity index (χ1) is 5.36. The van der Waals surface area contributed by atoms with Crippen molar-refractivity contribution in [3.05, 3.63) is 24.0 Å². The van der Waals surface area contributed by atoms with Crippen LogP contribution in [0.25, 0.3) is 0 Å². The molecule has 0 aromatic rings. The molecule has 0 aromatic carbocycles. The van der Waals surface area contributed by atoms with Gasteiger partial charge in [0.1, 0.15) is 5.76 Å². The minimum atomic E-state index is 0.712. The minimum Gasteiger partial charge on any atom is -0.497 e. The van der Waals surface area contributed by atoms with Crippen LogP contribution >= 0.6 is 11.8 Å². The van der Waals surface area contributed by atoms with Gasteiger partial charge in [-0.25, -0.2) is 0 Å². The number of allylic oxidation sites excluding steroid dienone is 3. The molecule has 0 fully saturated rings. The Bertz CT molecular complexity index is 172. The van der Waals surface area contributed by atoms with E-state index in [1.165, 1.54) is 5.75 Å². The summed E-state index contributed by atoms with van der Waals surface area (Å²) >= 11 is 1.90. The Morgan fingerprint density at radius 3 is 3.00 bits per heavy atom. The van der Waals surface area contributed by atoms with Gasteiger partial charge in [-0.15, -0.1) is 0 Å². The lowest BCUT2D eigenvalue weighted by Crippen LogP contribution is -2.02. The summed E-state index contributed by atoms with van der Waals surface area (Å²) in [6.07, 6.45) is 9.71. The lowest BCUT2D eigenvalue weighted by atomic mass is 10.0. The Kier molecular flexibility index (Phi) is 3.57. The maximum Gasteiger partial charge on any atom is 0.114 e. The van der Waals surface area contributed by atoms with Crippen molar-refractivity contribution in [2.24, 2.45) is 5.92 Å². The van der Waals surface area contributed by atoms with Crippen LogP contribution in [-0.2, 0) is 4.74 Å². The highest BCUT2D eigenvalue weighted by atomic mass is 32.2. The molecule has 0 amide bonds. The maximum absolute atomic E-state index is 5.09. The van der Waals surface area contributed by atoms with Crippen LogP contribution in [-0.4, -0.2) is 19.1 Å². The molecule has 1 aliphatic rings. The molecular weight excluding hydrogens is 156 g/mol. The van der Waals surface area contributed by atoms with Crippen LogP contribution in [0.15, 0.2) is 24.0 Å². The van der Waals surface area contributed by atoms with Crippen molar-refractivity contribution in [2.75, 3.05) is 19.1 Å². The van der Waals surface area contributed by atoms with Crippen LogP contribution in [0, 0.1) is 5.92 Å². The SMILES string of the molecule is COC1=CCC(CSC)C=C1. The third-order valence-electron chi connectivity index (χ3n) is 1.77. The van der Waals surface area contributed by atoms with Crippen molar-refractivity contribution in [2.45, 2.75) is 6.42 Å². The molecule has 1 aliphatic carbocycles. The number of hydrogen-bond donors (Lipinski definition) is 0. The molecule has 0 saturated carbocycles. The zero-order valence-corrected chi connectivity index (χ0v) is 7.86. The van der Waals surface area contributed by atoms with Crippen LogP contribution in [0.3, 0.4) is 0 Å². The highest BCUT2D eigenvalue weighted by Gasteiger charge is 2.07. The molecule has 0 N–H and O–H groups in total. The molecule has 0 heterocycles. The van der Waals surface area contributed by atoms with Crippen molar-refractivity contribution in [3.8, 4) is 0 Å². The van der Waals surface area contributed by atoms with E-state index in [2.05, 4.69) is 24.5 Å². The first-order valence-electron chi connectivity index (χ1n) is 3.78. The largest absolute Gasteiger partial charge is 0.497 e. The van der Waals surface area contributed by atoms with E-state index in [0.29, 0.717) is 5.92 Å². The average molecular weight is 170 g/mol. The van der Waals surface area contributed by atoms with Crippen molar-refractivity contribution >= 4 is 11.8 Å². The molecule has 11 heavy (non-hydrogen) atoms. The Hall–Kier alpha value is -0.370. The second kappa shape index (κ2) is 4.50. The van der Waals surface area contributed by atoms with Gasteiger partial charge in [0.2, 0.25) is 0 Å². The second-order valence-electron chi connectivity index (χ2n) is 2.62. The number of methoxy groups -OCH3 is 1. The molecule has 2 heteroatoms. The van der Waals surface area contributed by atoms with E-state index in [-0.39, 0.29) is 0 Å². The van der Waals surface area contributed by atoms with Crippen LogP contribution in [0.4, 0.5) is 0 Å². The molecule has 1 nitrogen and oxygen atoms in total. The summed E-state index contributed by atoms with van der Waals surface area (Å²) in [4.78, 5) is 0. The molecule has 1 rings (SSSR count). The predicted octanol–water partition coefficient (Wildman–Crippen LogP) is 2.46. The molecule has 0 aromatic heterocycles. The minimum absolute atomic E-state index is 0.712. The van der Waals surface area contributed by atoms with Gasteiger partial charge >= 0.3 is 0 Å². The summed E-state index contributed by atoms with van der Waals surface area (Å²) in [6.45, 7) is 0. The van der Waals surface area contributed by atoms with Gasteiger partial charge < -0.3 is 4.74 Å². The summed E-state index contributed by atoms with van der Waals surface area (Å²) in [6, 6.07) is 0. The molecule has 0 aliphatic heterocycles. The quantitative estimate of drug-likeness (QED) is 0.643. The predicted molar refractivity (Wildman–Crippen MR) is 50.7 cm³/mol. The molecule has 62 valence electrons. The Morgan fingerprint density at radius 2 is 2.55 bits per heavy atom. The summed E-state index contributed by atoms with van der Waals surface area (Å²) in [7, 11) is 1.71. The fraction of sp³-hybridized carbons (Fsp3) is 0.556. The fourth-order valence-electron chi connectivity index (χ4n) is 1.13. The molecule has 0 bridgehead atoms. The van der Waals surface area contributed by atoms with Gasteiger partial charge in [-0.2, -0.15) is 11.8 Å². The highest BCUT2D eigenvalue weighted by Crippen LogP contribution is 2.19. The Balaban J connectivity index is 2.37. The monoisotopic (exact) mass is 170 g/mol. The number of rotatable bonds is 3. The first-order valence-corrected chi connectivity index (χ1v) is 5.17. The number of ether oxygens (including phenoxy) is 1. The van der Waals surface area contributed by atoms with Gasteiger partial charge in [0.25, 0.3) is 0 Å². The van der Waals surface area contributed by atoms with Crippen molar-refractivity contribution in [1.29, 1.82) is 0 Å². The van der Waals surface area contributed by atoms with Crippen LogP contribution in [0.1, 0.15) is 6.42 Å². The smallest absolute Gasteiger partial charge is 0.114 e. The van der Waals surface area contributed by atoms with Gasteiger partial charge in [-0.1, -0.05) is 6.08 Å². The first kappa shape index (κ1) is 8.72. The average Bonchev–Trinajstić information content (AvgIpc) is 2.07. The molecular formula is C9H14OS. The van der Waals surface area contributed by atoms with Crippen molar-refractivity contribution in [1.82, 2.24) is 0 Å². The van der Waals surface area contributed by atoms with E-state index in [9.17, 15) is 0 Å². The number of thioether (sulfide) groups is 1. The molecule has 1 atom stereocenters. The normalized spacial score (nSPS) is 23.1. The third kappa shape index (κ3) is 2.62. The maximum atomic E-state index is 5.09. The van der Waals surface area contributed by atoms with Crippen LogP contribution in [0.2, 0.25) is 0 Å². The Morgan fingerprint density at radius 1 is 1.73 bits per heavy atom. The van der Waals surface area contributed by atoms with Crippen LogP contribution in [0.5, 0.6) is 0 Å². The second-order valence-corrected chi connectivity index (χ2v) is 3.53. The summed E-state index contributed by atoms with van der Waals surface area (Å²) < 4.78 is 5.09. The van der Waals surface area contributed by atoms with E-state index < -0.39 is 0 Å². The standard InChI is InChI=1S/C9H14OS/c1-10-9-5-3-8(4-6-9)7-11-2/h3,5-6,8H,4,7H2,1-2H3. The molecule has 0 radical (unpaired) electrons. The summed E-state index contributed by atoms with van der Waals surface area (Å²) in [5.74, 6) is 2.93. The highest BCUT2D eigenvalue weighted by molar-refractivity contribution is 7.98. The van der Waals surface area contributed by atoms with Crippen molar-refractivity contribution < 1.29 is 4.74 Å². The Labute approximate surface area is 72.5 Å². The molecule has 0 spiro atoms. The lowest BCUT2D eigenvalue weighted by Gasteiger charge is -2.13.